The Morgan fingerprint density at radius 3 is 2.57 bits per heavy atom. The zero-order valence-electron chi connectivity index (χ0n) is 9.29. The third kappa shape index (κ3) is 5.73. The minimum absolute atomic E-state index is 0.0891. The Bertz CT molecular complexity index is 234. The summed E-state index contributed by atoms with van der Waals surface area (Å²) in [6.07, 6.45) is 0. The molecule has 80 valence electrons. The second-order valence-corrected chi connectivity index (χ2v) is 2.77. The van der Waals surface area contributed by atoms with E-state index in [0.717, 1.165) is 5.56 Å². The van der Waals surface area contributed by atoms with Crippen molar-refractivity contribution < 1.29 is 9.84 Å². The van der Waals surface area contributed by atoms with Gasteiger partial charge in [-0.1, -0.05) is 43.7 Å². The molecule has 0 aromatic heterocycles. The van der Waals surface area contributed by atoms with Crippen molar-refractivity contribution in [2.75, 3.05) is 13.2 Å². The van der Waals surface area contributed by atoms with Crippen LogP contribution in [0.4, 0.5) is 0 Å². The van der Waals surface area contributed by atoms with Crippen molar-refractivity contribution in [3.63, 3.8) is 0 Å². The number of benzene rings is 1. The first-order chi connectivity index (χ1) is 6.83. The highest BCUT2D eigenvalue weighted by Gasteiger charge is 1.92. The molecule has 0 saturated heterocycles. The summed E-state index contributed by atoms with van der Waals surface area (Å²) in [5, 5.41) is 8.47. The highest BCUT2D eigenvalue weighted by Crippen LogP contribution is 2.04. The van der Waals surface area contributed by atoms with E-state index < -0.39 is 0 Å². The maximum absolute atomic E-state index is 8.47. The smallest absolute Gasteiger partial charge is 0.0718 e. The van der Waals surface area contributed by atoms with E-state index in [1.807, 2.05) is 26.0 Å². The molecule has 0 aliphatic heterocycles. The summed E-state index contributed by atoms with van der Waals surface area (Å²) in [7, 11) is 0. The molecule has 0 unspecified atom stereocenters. The summed E-state index contributed by atoms with van der Waals surface area (Å²) in [4.78, 5) is 0. The predicted molar refractivity (Wildman–Crippen MR) is 59.3 cm³/mol. The molecular weight excluding hydrogens is 176 g/mol. The summed E-state index contributed by atoms with van der Waals surface area (Å²) >= 11 is 0. The van der Waals surface area contributed by atoms with Gasteiger partial charge in [0.1, 0.15) is 0 Å². The van der Waals surface area contributed by atoms with Crippen molar-refractivity contribution in [2.45, 2.75) is 27.4 Å². The molecule has 0 bridgehead atoms. The van der Waals surface area contributed by atoms with E-state index in [2.05, 4.69) is 19.1 Å². The molecule has 2 heteroatoms. The van der Waals surface area contributed by atoms with Crippen LogP contribution in [0.3, 0.4) is 0 Å². The molecule has 1 aromatic carbocycles. The van der Waals surface area contributed by atoms with E-state index in [9.17, 15) is 0 Å². The van der Waals surface area contributed by atoms with Crippen molar-refractivity contribution in [1.29, 1.82) is 0 Å². The minimum atomic E-state index is 0.0891. The Morgan fingerprint density at radius 1 is 1.29 bits per heavy atom. The molecular formula is C12H20O2. The van der Waals surface area contributed by atoms with Gasteiger partial charge < -0.3 is 9.84 Å². The van der Waals surface area contributed by atoms with Gasteiger partial charge in [0.05, 0.1) is 19.8 Å². The monoisotopic (exact) mass is 196 g/mol. The molecule has 0 aliphatic carbocycles. The second kappa shape index (κ2) is 8.73. The Balaban J connectivity index is 0.000000791. The Kier molecular flexibility index (Phi) is 8.19. The van der Waals surface area contributed by atoms with Crippen LogP contribution in [-0.4, -0.2) is 18.3 Å². The Morgan fingerprint density at radius 2 is 2.00 bits per heavy atom. The van der Waals surface area contributed by atoms with Crippen molar-refractivity contribution in [3.8, 4) is 0 Å². The normalized spacial score (nSPS) is 9.14. The van der Waals surface area contributed by atoms with Gasteiger partial charge in [0, 0.05) is 0 Å². The fraction of sp³-hybridized carbons (Fsp3) is 0.500. The van der Waals surface area contributed by atoms with Crippen molar-refractivity contribution in [1.82, 2.24) is 0 Å². The number of hydrogen-bond acceptors (Lipinski definition) is 2. The van der Waals surface area contributed by atoms with Gasteiger partial charge in [-0.05, 0) is 12.5 Å². The van der Waals surface area contributed by atoms with E-state index in [4.69, 9.17) is 9.84 Å². The average Bonchev–Trinajstić information content (AvgIpc) is 2.21. The van der Waals surface area contributed by atoms with Gasteiger partial charge >= 0.3 is 0 Å². The molecule has 0 spiro atoms. The van der Waals surface area contributed by atoms with Crippen LogP contribution in [0.5, 0.6) is 0 Å². The lowest BCUT2D eigenvalue weighted by Gasteiger charge is -2.02. The van der Waals surface area contributed by atoms with Gasteiger partial charge in [-0.15, -0.1) is 0 Å². The summed E-state index contributed by atoms with van der Waals surface area (Å²) in [6, 6.07) is 8.16. The summed E-state index contributed by atoms with van der Waals surface area (Å²) < 4.78 is 5.17. The van der Waals surface area contributed by atoms with Crippen LogP contribution in [0, 0.1) is 6.92 Å². The lowest BCUT2D eigenvalue weighted by atomic mass is 10.1. The second-order valence-electron chi connectivity index (χ2n) is 2.77. The van der Waals surface area contributed by atoms with Crippen LogP contribution in [0.25, 0.3) is 0 Å². The first-order valence-corrected chi connectivity index (χ1v) is 5.07. The number of aliphatic hydroxyl groups excluding tert-OH is 1. The van der Waals surface area contributed by atoms with E-state index in [0.29, 0.717) is 13.2 Å². The van der Waals surface area contributed by atoms with Crippen molar-refractivity contribution in [3.05, 3.63) is 35.4 Å². The predicted octanol–water partition coefficient (Wildman–Crippen LogP) is 2.53. The maximum atomic E-state index is 8.47. The molecule has 0 aliphatic rings. The number of aliphatic hydroxyl groups is 1. The first kappa shape index (κ1) is 13.1. The molecule has 0 fully saturated rings. The van der Waals surface area contributed by atoms with Gasteiger partial charge in [-0.3, -0.25) is 0 Å². The Labute approximate surface area is 86.5 Å². The maximum Gasteiger partial charge on any atom is 0.0718 e. The standard InChI is InChI=1S/C10H14O2.C2H6/c1-9-3-2-4-10(7-9)8-12-6-5-11;1-2/h2-4,7,11H,5-6,8H2,1H3;1-2H3. The molecule has 1 aromatic rings. The molecule has 14 heavy (non-hydrogen) atoms. The quantitative estimate of drug-likeness (QED) is 0.750. The zero-order chi connectivity index (χ0) is 10.8. The largest absolute Gasteiger partial charge is 0.394 e. The topological polar surface area (TPSA) is 29.5 Å². The van der Waals surface area contributed by atoms with Crippen LogP contribution >= 0.6 is 0 Å². The number of rotatable bonds is 4. The Hall–Kier alpha value is -0.860. The summed E-state index contributed by atoms with van der Waals surface area (Å²) in [6.45, 7) is 7.14. The summed E-state index contributed by atoms with van der Waals surface area (Å²) in [5.74, 6) is 0. The fourth-order valence-electron chi connectivity index (χ4n) is 1.06. The van der Waals surface area contributed by atoms with E-state index in [-0.39, 0.29) is 6.61 Å². The van der Waals surface area contributed by atoms with Crippen LogP contribution in [0.1, 0.15) is 25.0 Å². The van der Waals surface area contributed by atoms with Crippen molar-refractivity contribution in [2.24, 2.45) is 0 Å². The van der Waals surface area contributed by atoms with Crippen LogP contribution in [0.2, 0.25) is 0 Å². The lowest BCUT2D eigenvalue weighted by Crippen LogP contribution is -1.99. The van der Waals surface area contributed by atoms with E-state index in [1.54, 1.807) is 0 Å². The molecule has 0 radical (unpaired) electrons. The first-order valence-electron chi connectivity index (χ1n) is 5.07. The zero-order valence-corrected chi connectivity index (χ0v) is 9.29. The fourth-order valence-corrected chi connectivity index (χ4v) is 1.06. The molecule has 2 nitrogen and oxygen atoms in total. The number of aryl methyl sites for hydroxylation is 1. The average molecular weight is 196 g/mol. The van der Waals surface area contributed by atoms with Crippen LogP contribution in [0.15, 0.2) is 24.3 Å². The highest BCUT2D eigenvalue weighted by atomic mass is 16.5. The molecule has 0 amide bonds. The molecule has 0 atom stereocenters. The third-order valence-corrected chi connectivity index (χ3v) is 1.59. The molecule has 0 saturated carbocycles. The van der Waals surface area contributed by atoms with Gasteiger partial charge in [0.15, 0.2) is 0 Å². The molecule has 1 N–H and O–H groups in total. The number of ether oxygens (including phenoxy) is 1. The molecule has 1 rings (SSSR count). The van der Waals surface area contributed by atoms with E-state index in [1.165, 1.54) is 5.56 Å². The number of hydrogen-bond donors (Lipinski definition) is 1. The molecule has 0 heterocycles. The highest BCUT2D eigenvalue weighted by molar-refractivity contribution is 5.21. The van der Waals surface area contributed by atoms with Gasteiger partial charge in [-0.2, -0.15) is 0 Å². The van der Waals surface area contributed by atoms with Gasteiger partial charge in [-0.25, -0.2) is 0 Å². The van der Waals surface area contributed by atoms with Crippen molar-refractivity contribution >= 4 is 0 Å². The SMILES string of the molecule is CC.Cc1cccc(COCCO)c1. The third-order valence-electron chi connectivity index (χ3n) is 1.59. The minimum Gasteiger partial charge on any atom is -0.394 e. The summed E-state index contributed by atoms with van der Waals surface area (Å²) in [5.41, 5.74) is 2.39. The van der Waals surface area contributed by atoms with Gasteiger partial charge in [0.25, 0.3) is 0 Å². The van der Waals surface area contributed by atoms with Gasteiger partial charge in [0.2, 0.25) is 0 Å². The van der Waals surface area contributed by atoms with E-state index >= 15 is 0 Å². The van der Waals surface area contributed by atoms with Crippen LogP contribution < -0.4 is 0 Å². The lowest BCUT2D eigenvalue weighted by molar-refractivity contribution is 0.0815. The van der Waals surface area contributed by atoms with Crippen LogP contribution in [-0.2, 0) is 11.3 Å².